The van der Waals surface area contributed by atoms with Gasteiger partial charge >= 0.3 is 0 Å². The summed E-state index contributed by atoms with van der Waals surface area (Å²) in [5.74, 6) is -0.835. The largest absolute Gasteiger partial charge is 0.489 e. The molecule has 5 nitrogen and oxygen atoms in total. The number of H-pyrrole nitrogens is 1. The minimum absolute atomic E-state index is 0. The highest BCUT2D eigenvalue weighted by molar-refractivity contribution is 6.35. The number of hydrogen-bond donors (Lipinski definition) is 2. The van der Waals surface area contributed by atoms with Crippen molar-refractivity contribution in [2.45, 2.75) is 38.6 Å². The summed E-state index contributed by atoms with van der Waals surface area (Å²) in [6.07, 6.45) is 5.47. The number of primary amides is 1. The number of carbonyl (C=O) groups excluding carboxylic acids is 1. The Morgan fingerprint density at radius 3 is 2.88 bits per heavy atom. The molecule has 1 amide bonds. The molecule has 32 heavy (non-hydrogen) atoms. The molecule has 1 aromatic heterocycles. The third-order valence-electron chi connectivity index (χ3n) is 6.01. The molecular formula is C24H28Cl2FN3O2. The Morgan fingerprint density at radius 1 is 1.31 bits per heavy atom. The number of ether oxygens (including phenoxy) is 1. The van der Waals surface area contributed by atoms with Crippen LogP contribution in [0.1, 0.15) is 41.3 Å². The van der Waals surface area contributed by atoms with Crippen molar-refractivity contribution in [1.29, 1.82) is 0 Å². The maximum absolute atomic E-state index is 14.2. The molecule has 0 bridgehead atoms. The second-order valence-corrected chi connectivity index (χ2v) is 8.46. The Bertz CT molecular complexity index is 1100. The number of nitrogens with two attached hydrogens (primary N) is 1. The van der Waals surface area contributed by atoms with Gasteiger partial charge in [-0.15, -0.1) is 12.4 Å². The first-order valence-corrected chi connectivity index (χ1v) is 11.1. The molecule has 2 aromatic carbocycles. The highest BCUT2D eigenvalue weighted by Crippen LogP contribution is 2.32. The number of hydrogen-bond acceptors (Lipinski definition) is 3. The van der Waals surface area contributed by atoms with Gasteiger partial charge in [-0.1, -0.05) is 30.7 Å². The lowest BCUT2D eigenvalue weighted by molar-refractivity contribution is 0.0984. The highest BCUT2D eigenvalue weighted by Gasteiger charge is 2.30. The van der Waals surface area contributed by atoms with Crippen LogP contribution >= 0.6 is 24.0 Å². The first kappa shape index (κ1) is 24.4. The van der Waals surface area contributed by atoms with Crippen molar-refractivity contribution >= 4 is 40.8 Å². The van der Waals surface area contributed by atoms with E-state index >= 15 is 0 Å². The van der Waals surface area contributed by atoms with Gasteiger partial charge in [-0.25, -0.2) is 4.39 Å². The van der Waals surface area contributed by atoms with Gasteiger partial charge in [0.05, 0.1) is 10.5 Å². The molecule has 1 atom stereocenters. The molecule has 8 heteroatoms. The van der Waals surface area contributed by atoms with E-state index in [-0.39, 0.29) is 24.2 Å². The summed E-state index contributed by atoms with van der Waals surface area (Å²) in [4.78, 5) is 17.5. The van der Waals surface area contributed by atoms with E-state index in [1.54, 1.807) is 0 Å². The van der Waals surface area contributed by atoms with Crippen LogP contribution < -0.4 is 10.5 Å². The van der Waals surface area contributed by atoms with Gasteiger partial charge in [0.2, 0.25) is 5.91 Å². The predicted octanol–water partition coefficient (Wildman–Crippen LogP) is 5.13. The number of benzene rings is 2. The van der Waals surface area contributed by atoms with Crippen LogP contribution in [0.3, 0.4) is 0 Å². The predicted molar refractivity (Wildman–Crippen MR) is 129 cm³/mol. The van der Waals surface area contributed by atoms with Crippen molar-refractivity contribution in [3.8, 4) is 5.75 Å². The fourth-order valence-corrected chi connectivity index (χ4v) is 4.75. The summed E-state index contributed by atoms with van der Waals surface area (Å²) in [6.45, 7) is 4.32. The number of nitrogens with one attached hydrogen (secondary N) is 1. The highest BCUT2D eigenvalue weighted by atomic mass is 35.5. The number of aromatic nitrogens is 1. The molecule has 0 saturated heterocycles. The van der Waals surface area contributed by atoms with Gasteiger partial charge in [0.25, 0.3) is 0 Å². The number of halogens is 3. The Labute approximate surface area is 198 Å². The van der Waals surface area contributed by atoms with Crippen molar-refractivity contribution in [2.75, 3.05) is 19.7 Å². The van der Waals surface area contributed by atoms with E-state index < -0.39 is 11.7 Å². The smallest absolute Gasteiger partial charge is 0.249 e. The molecule has 1 unspecified atom stereocenters. The summed E-state index contributed by atoms with van der Waals surface area (Å²) in [6, 6.07) is 8.72. The fraction of sp³-hybridized carbons (Fsp3) is 0.375. The molecule has 0 spiro atoms. The number of aromatic amines is 1. The molecule has 0 fully saturated rings. The molecule has 2 heterocycles. The van der Waals surface area contributed by atoms with Crippen LogP contribution in [0.25, 0.3) is 10.9 Å². The van der Waals surface area contributed by atoms with Crippen LogP contribution in [-0.2, 0) is 12.8 Å². The van der Waals surface area contributed by atoms with Gasteiger partial charge < -0.3 is 15.5 Å². The third-order valence-corrected chi connectivity index (χ3v) is 6.32. The molecule has 0 saturated carbocycles. The van der Waals surface area contributed by atoms with Crippen molar-refractivity contribution in [3.63, 3.8) is 0 Å². The third kappa shape index (κ3) is 4.87. The monoisotopic (exact) mass is 479 g/mol. The van der Waals surface area contributed by atoms with Gasteiger partial charge in [-0.3, -0.25) is 9.69 Å². The van der Waals surface area contributed by atoms with E-state index in [4.69, 9.17) is 22.1 Å². The Kier molecular flexibility index (Phi) is 8.04. The van der Waals surface area contributed by atoms with Crippen LogP contribution in [0, 0.1) is 5.82 Å². The topological polar surface area (TPSA) is 71.3 Å². The number of para-hydroxylation sites is 1. The van der Waals surface area contributed by atoms with Gasteiger partial charge in [-0.05, 0) is 62.5 Å². The minimum Gasteiger partial charge on any atom is -0.489 e. The number of nitrogens with zero attached hydrogens (tertiary/aromatic N) is 1. The lowest BCUT2D eigenvalue weighted by atomic mass is 9.95. The van der Waals surface area contributed by atoms with Crippen LogP contribution in [0.5, 0.6) is 5.75 Å². The second kappa shape index (κ2) is 10.6. The Balaban J connectivity index is 0.00000289. The van der Waals surface area contributed by atoms with E-state index in [9.17, 15) is 9.18 Å². The molecule has 1 aliphatic rings. The van der Waals surface area contributed by atoms with Gasteiger partial charge in [-0.2, -0.15) is 0 Å². The number of aryl methyl sites for hydroxylation is 1. The number of fused-ring (bicyclic) bond motifs is 2. The minimum atomic E-state index is -0.555. The van der Waals surface area contributed by atoms with Gasteiger partial charge in [0.1, 0.15) is 6.61 Å². The zero-order valence-corrected chi connectivity index (χ0v) is 19.6. The average molecular weight is 480 g/mol. The number of carbonyl (C=O) groups is 1. The summed E-state index contributed by atoms with van der Waals surface area (Å²) in [7, 11) is 0. The summed E-state index contributed by atoms with van der Waals surface area (Å²) in [5.41, 5.74) is 8.66. The van der Waals surface area contributed by atoms with Crippen LogP contribution in [0.4, 0.5) is 4.39 Å². The van der Waals surface area contributed by atoms with Gasteiger partial charge in [0.15, 0.2) is 11.6 Å². The molecule has 3 N–H and O–H groups in total. The van der Waals surface area contributed by atoms with Crippen molar-refractivity contribution < 1.29 is 13.9 Å². The number of amides is 1. The Hall–Kier alpha value is -2.28. The van der Waals surface area contributed by atoms with E-state index in [0.29, 0.717) is 24.2 Å². The summed E-state index contributed by atoms with van der Waals surface area (Å²) >= 11 is 6.27. The summed E-state index contributed by atoms with van der Waals surface area (Å²) in [5, 5.41) is 1.89. The lowest BCUT2D eigenvalue weighted by Crippen LogP contribution is -2.44. The second-order valence-electron chi connectivity index (χ2n) is 8.05. The van der Waals surface area contributed by atoms with Crippen molar-refractivity contribution in [2.24, 2.45) is 5.73 Å². The summed E-state index contributed by atoms with van der Waals surface area (Å²) < 4.78 is 20.0. The zero-order chi connectivity index (χ0) is 22.0. The standard InChI is InChI=1S/C24H27ClFN3O2.ClH/c1-2-10-29(11-4-5-15-13-28-22-17(15)6-3-7-20(22)25)16-12-19-18(24(27)30)8-9-21(26)23(19)31-14-16;/h3,6-9,13,16,28H,2,4-5,10-12,14H2,1H3,(H2,27,30);1H. The van der Waals surface area contributed by atoms with Crippen molar-refractivity contribution in [3.05, 3.63) is 64.1 Å². The fourth-order valence-electron chi connectivity index (χ4n) is 4.52. The van der Waals surface area contributed by atoms with Crippen LogP contribution in [-0.4, -0.2) is 41.5 Å². The van der Waals surface area contributed by atoms with Crippen molar-refractivity contribution in [1.82, 2.24) is 9.88 Å². The first-order chi connectivity index (χ1) is 15.0. The molecule has 0 radical (unpaired) electrons. The van der Waals surface area contributed by atoms with Crippen LogP contribution in [0.2, 0.25) is 5.02 Å². The maximum atomic E-state index is 14.2. The lowest BCUT2D eigenvalue weighted by Gasteiger charge is -2.35. The SMILES string of the molecule is CCCN(CCCc1c[nH]c2c(Cl)cccc12)C1COc2c(F)ccc(C(N)=O)c2C1.Cl. The molecule has 4 rings (SSSR count). The molecule has 3 aromatic rings. The molecular weight excluding hydrogens is 452 g/mol. The normalized spacial score (nSPS) is 15.3. The van der Waals surface area contributed by atoms with E-state index in [1.165, 1.54) is 17.7 Å². The van der Waals surface area contributed by atoms with E-state index in [2.05, 4.69) is 22.9 Å². The Morgan fingerprint density at radius 2 is 2.12 bits per heavy atom. The zero-order valence-electron chi connectivity index (χ0n) is 18.0. The number of rotatable bonds is 8. The molecule has 1 aliphatic heterocycles. The van der Waals surface area contributed by atoms with E-state index in [0.717, 1.165) is 48.3 Å². The quantitative estimate of drug-likeness (QED) is 0.470. The average Bonchev–Trinajstić information content (AvgIpc) is 3.17. The maximum Gasteiger partial charge on any atom is 0.249 e. The van der Waals surface area contributed by atoms with E-state index in [1.807, 2.05) is 18.3 Å². The molecule has 0 aliphatic carbocycles. The van der Waals surface area contributed by atoms with Crippen LogP contribution in [0.15, 0.2) is 36.5 Å². The molecule has 172 valence electrons. The first-order valence-electron chi connectivity index (χ1n) is 10.7. The van der Waals surface area contributed by atoms with Gasteiger partial charge in [0, 0.05) is 28.8 Å².